The Labute approximate surface area is 78.9 Å². The number of nitriles is 1. The molecule has 2 rings (SSSR count). The van der Waals surface area contributed by atoms with Crippen LogP contribution in [-0.2, 0) is 4.79 Å². The van der Waals surface area contributed by atoms with Gasteiger partial charge in [-0.1, -0.05) is 20.8 Å². The number of Topliss-reactive ketones (excluding diaryl/α,β-unsaturated/α-hetero) is 1. The summed E-state index contributed by atoms with van der Waals surface area (Å²) in [4.78, 5) is 11.3. The van der Waals surface area contributed by atoms with Crippen LogP contribution in [0.4, 0.5) is 0 Å². The fraction of sp³-hybridized carbons (Fsp3) is 0.818. The van der Waals surface area contributed by atoms with Crippen molar-refractivity contribution in [2.45, 2.75) is 33.6 Å². The maximum atomic E-state index is 11.3. The minimum Gasteiger partial charge on any atom is -0.297 e. The normalized spacial score (nSPS) is 42.8. The number of hydrogen-bond donors (Lipinski definition) is 0. The summed E-state index contributed by atoms with van der Waals surface area (Å²) < 4.78 is 0. The van der Waals surface area contributed by atoms with Gasteiger partial charge in [0.05, 0.1) is 6.07 Å². The molecule has 0 heterocycles. The quantitative estimate of drug-likeness (QED) is 0.569. The molecular formula is C11H15NO. The van der Waals surface area contributed by atoms with Gasteiger partial charge in [0, 0.05) is 5.92 Å². The third-order valence-electron chi connectivity index (χ3n) is 3.78. The smallest absolute Gasteiger partial charge is 0.158 e. The molecule has 0 amide bonds. The van der Waals surface area contributed by atoms with Gasteiger partial charge in [0.2, 0.25) is 0 Å². The van der Waals surface area contributed by atoms with Crippen LogP contribution in [0, 0.1) is 34.0 Å². The maximum Gasteiger partial charge on any atom is 0.158 e. The number of nitrogens with zero attached hydrogens (tertiary/aromatic N) is 1. The lowest BCUT2D eigenvalue weighted by atomic mass is 9.77. The summed E-state index contributed by atoms with van der Waals surface area (Å²) in [5.41, 5.74) is -0.296. The minimum absolute atomic E-state index is 0.0849. The van der Waals surface area contributed by atoms with Gasteiger partial charge in [-0.3, -0.25) is 4.79 Å². The molecule has 2 fully saturated rings. The molecule has 2 heteroatoms. The van der Waals surface area contributed by atoms with Crippen LogP contribution in [-0.4, -0.2) is 5.78 Å². The molecule has 0 aromatic heterocycles. The zero-order valence-electron chi connectivity index (χ0n) is 8.42. The van der Waals surface area contributed by atoms with Gasteiger partial charge in [-0.25, -0.2) is 0 Å². The first-order valence-corrected chi connectivity index (χ1v) is 4.87. The molecule has 3 unspecified atom stereocenters. The highest BCUT2D eigenvalue weighted by Crippen LogP contribution is 2.64. The average Bonchev–Trinajstić information content (AvgIpc) is 2.46. The molecule has 0 spiro atoms. The summed E-state index contributed by atoms with van der Waals surface area (Å²) in [6.07, 6.45) is 1.74. The van der Waals surface area contributed by atoms with Crippen LogP contribution in [0.25, 0.3) is 0 Å². The molecule has 0 aromatic carbocycles. The topological polar surface area (TPSA) is 40.9 Å². The Morgan fingerprint density at radius 1 is 1.54 bits per heavy atom. The first kappa shape index (κ1) is 8.74. The predicted octanol–water partition coefficient (Wildman–Crippen LogP) is 2.15. The molecule has 3 atom stereocenters. The zero-order chi connectivity index (χ0) is 9.85. The maximum absolute atomic E-state index is 11.3. The van der Waals surface area contributed by atoms with Gasteiger partial charge in [0.15, 0.2) is 5.78 Å². The number of ketones is 1. The minimum atomic E-state index is -0.544. The second-order valence-corrected chi connectivity index (χ2v) is 5.50. The molecule has 2 aliphatic rings. The summed E-state index contributed by atoms with van der Waals surface area (Å²) in [5.74, 6) is 0.840. The second kappa shape index (κ2) is 2.15. The predicted molar refractivity (Wildman–Crippen MR) is 48.7 cm³/mol. The van der Waals surface area contributed by atoms with Crippen molar-refractivity contribution in [2.75, 3.05) is 0 Å². The number of rotatable bonds is 0. The molecule has 2 nitrogen and oxygen atoms in total. The van der Waals surface area contributed by atoms with E-state index < -0.39 is 5.41 Å². The van der Waals surface area contributed by atoms with E-state index in [-0.39, 0.29) is 17.1 Å². The molecule has 0 saturated heterocycles. The van der Waals surface area contributed by atoms with Crippen molar-refractivity contribution in [3.63, 3.8) is 0 Å². The van der Waals surface area contributed by atoms with E-state index in [2.05, 4.69) is 26.8 Å². The Kier molecular flexibility index (Phi) is 1.44. The van der Waals surface area contributed by atoms with Crippen molar-refractivity contribution in [3.05, 3.63) is 0 Å². The van der Waals surface area contributed by atoms with E-state index in [1.54, 1.807) is 0 Å². The van der Waals surface area contributed by atoms with Gasteiger partial charge in [-0.15, -0.1) is 0 Å². The standard InChI is InChI=1S/C11H15NO/c1-10(2,3)7-4-8-9(13)11(8,5-7)6-12/h7-8H,4-5H2,1-3H3. The van der Waals surface area contributed by atoms with Crippen LogP contribution < -0.4 is 0 Å². The van der Waals surface area contributed by atoms with Crippen LogP contribution in [0.5, 0.6) is 0 Å². The number of carbonyl (C=O) groups excluding carboxylic acids is 1. The first-order chi connectivity index (χ1) is 5.92. The average molecular weight is 177 g/mol. The Morgan fingerprint density at radius 3 is 2.54 bits per heavy atom. The molecule has 0 N–H and O–H groups in total. The second-order valence-electron chi connectivity index (χ2n) is 5.50. The highest BCUT2D eigenvalue weighted by molar-refractivity contribution is 6.07. The van der Waals surface area contributed by atoms with Crippen LogP contribution in [0.3, 0.4) is 0 Å². The van der Waals surface area contributed by atoms with Crippen molar-refractivity contribution < 1.29 is 4.79 Å². The monoisotopic (exact) mass is 177 g/mol. The Balaban J connectivity index is 2.16. The SMILES string of the molecule is CC(C)(C)C1CC2C(=O)C2(C#N)C1. The van der Waals surface area contributed by atoms with Crippen LogP contribution in [0.2, 0.25) is 0 Å². The Hall–Kier alpha value is -0.840. The van der Waals surface area contributed by atoms with E-state index in [0.717, 1.165) is 12.8 Å². The summed E-state index contributed by atoms with van der Waals surface area (Å²) in [7, 11) is 0. The highest BCUT2D eigenvalue weighted by Gasteiger charge is 2.71. The van der Waals surface area contributed by atoms with Crippen LogP contribution in [0.15, 0.2) is 0 Å². The molecule has 2 saturated carbocycles. The lowest BCUT2D eigenvalue weighted by molar-refractivity contribution is -0.114. The van der Waals surface area contributed by atoms with Crippen LogP contribution in [0.1, 0.15) is 33.6 Å². The van der Waals surface area contributed by atoms with Crippen molar-refractivity contribution >= 4 is 5.78 Å². The molecule has 0 aliphatic heterocycles. The van der Waals surface area contributed by atoms with Gasteiger partial charge in [-0.05, 0) is 24.2 Å². The lowest BCUT2D eigenvalue weighted by Gasteiger charge is -2.28. The van der Waals surface area contributed by atoms with Gasteiger partial charge in [-0.2, -0.15) is 5.26 Å². The molecule has 70 valence electrons. The number of fused-ring (bicyclic) bond motifs is 1. The van der Waals surface area contributed by atoms with E-state index in [4.69, 9.17) is 5.26 Å². The zero-order valence-corrected chi connectivity index (χ0v) is 8.42. The van der Waals surface area contributed by atoms with E-state index in [1.165, 1.54) is 0 Å². The van der Waals surface area contributed by atoms with Crippen molar-refractivity contribution in [3.8, 4) is 6.07 Å². The number of carbonyl (C=O) groups is 1. The van der Waals surface area contributed by atoms with E-state index in [9.17, 15) is 4.79 Å². The lowest BCUT2D eigenvalue weighted by Crippen LogP contribution is -2.21. The van der Waals surface area contributed by atoms with E-state index in [1.807, 2.05) is 0 Å². The Bertz CT molecular complexity index is 307. The van der Waals surface area contributed by atoms with Gasteiger partial charge in [0.25, 0.3) is 0 Å². The first-order valence-electron chi connectivity index (χ1n) is 4.87. The molecule has 13 heavy (non-hydrogen) atoms. The third-order valence-corrected chi connectivity index (χ3v) is 3.78. The number of hydrogen-bond acceptors (Lipinski definition) is 2. The van der Waals surface area contributed by atoms with Crippen molar-refractivity contribution in [1.29, 1.82) is 5.26 Å². The summed E-state index contributed by atoms with van der Waals surface area (Å²) in [6.45, 7) is 6.58. The molecule has 0 bridgehead atoms. The summed E-state index contributed by atoms with van der Waals surface area (Å²) in [5, 5.41) is 8.95. The molecule has 0 radical (unpaired) electrons. The summed E-state index contributed by atoms with van der Waals surface area (Å²) >= 11 is 0. The third kappa shape index (κ3) is 0.964. The van der Waals surface area contributed by atoms with Gasteiger partial charge >= 0.3 is 0 Å². The highest BCUT2D eigenvalue weighted by atomic mass is 16.1. The van der Waals surface area contributed by atoms with Gasteiger partial charge in [0.1, 0.15) is 5.41 Å². The molecule has 2 aliphatic carbocycles. The molecule has 0 aromatic rings. The van der Waals surface area contributed by atoms with E-state index >= 15 is 0 Å². The molecular weight excluding hydrogens is 162 g/mol. The van der Waals surface area contributed by atoms with E-state index in [0.29, 0.717) is 5.92 Å². The fourth-order valence-corrected chi connectivity index (χ4v) is 2.56. The van der Waals surface area contributed by atoms with Gasteiger partial charge < -0.3 is 0 Å². The largest absolute Gasteiger partial charge is 0.297 e. The Morgan fingerprint density at radius 2 is 2.15 bits per heavy atom. The fourth-order valence-electron chi connectivity index (χ4n) is 2.56. The van der Waals surface area contributed by atoms with Crippen LogP contribution >= 0.6 is 0 Å². The van der Waals surface area contributed by atoms with Crippen molar-refractivity contribution in [1.82, 2.24) is 0 Å². The van der Waals surface area contributed by atoms with Crippen molar-refractivity contribution in [2.24, 2.45) is 22.7 Å². The summed E-state index contributed by atoms with van der Waals surface area (Å²) in [6, 6.07) is 2.22.